The van der Waals surface area contributed by atoms with Crippen molar-refractivity contribution in [3.05, 3.63) is 0 Å². The van der Waals surface area contributed by atoms with Gasteiger partial charge >= 0.3 is 0 Å². The van der Waals surface area contributed by atoms with E-state index in [9.17, 15) is 13.2 Å². The highest BCUT2D eigenvalue weighted by atomic mass is 32.2. The molecule has 0 spiro atoms. The molecule has 1 aliphatic carbocycles. The zero-order valence-corrected chi connectivity index (χ0v) is 10.2. The van der Waals surface area contributed by atoms with Crippen LogP contribution in [-0.4, -0.2) is 32.2 Å². The van der Waals surface area contributed by atoms with Gasteiger partial charge in [-0.1, -0.05) is 6.92 Å². The number of hydrogen-bond donors (Lipinski definition) is 2. The lowest BCUT2D eigenvalue weighted by Crippen LogP contribution is -2.50. The maximum absolute atomic E-state index is 11.7. The molecule has 2 rings (SSSR count). The third-order valence-electron chi connectivity index (χ3n) is 3.19. The Morgan fingerprint density at radius 2 is 2.00 bits per heavy atom. The Labute approximate surface area is 96.0 Å². The second kappa shape index (κ2) is 4.33. The van der Waals surface area contributed by atoms with Gasteiger partial charge < -0.3 is 5.32 Å². The van der Waals surface area contributed by atoms with Crippen LogP contribution in [0.2, 0.25) is 0 Å². The maximum atomic E-state index is 11.7. The number of piperidine rings is 1. The molecular formula is C10H18N2O3S. The fourth-order valence-electron chi connectivity index (χ4n) is 1.98. The Morgan fingerprint density at radius 3 is 2.56 bits per heavy atom. The number of nitrogens with one attached hydrogen (secondary N) is 2. The van der Waals surface area contributed by atoms with Gasteiger partial charge in [-0.15, -0.1) is 0 Å². The molecule has 2 N–H and O–H groups in total. The predicted octanol–water partition coefficient (Wildman–Crippen LogP) is -0.0171. The lowest BCUT2D eigenvalue weighted by atomic mass is 9.94. The van der Waals surface area contributed by atoms with Crippen molar-refractivity contribution in [3.8, 4) is 0 Å². The zero-order valence-electron chi connectivity index (χ0n) is 9.40. The van der Waals surface area contributed by atoms with Crippen molar-refractivity contribution in [2.24, 2.45) is 5.92 Å². The first-order valence-corrected chi connectivity index (χ1v) is 7.32. The molecule has 16 heavy (non-hydrogen) atoms. The molecule has 0 radical (unpaired) electrons. The van der Waals surface area contributed by atoms with Gasteiger partial charge in [0.2, 0.25) is 10.0 Å². The summed E-state index contributed by atoms with van der Waals surface area (Å²) in [7, 11) is -3.39. The molecule has 6 heteroatoms. The van der Waals surface area contributed by atoms with E-state index in [-0.39, 0.29) is 11.3 Å². The summed E-state index contributed by atoms with van der Waals surface area (Å²) < 4.78 is 25.3. The van der Waals surface area contributed by atoms with E-state index in [0.717, 1.165) is 13.0 Å². The van der Waals surface area contributed by atoms with Gasteiger partial charge in [-0.2, -0.15) is 0 Å². The summed E-state index contributed by atoms with van der Waals surface area (Å²) in [6.45, 7) is 2.86. The molecule has 1 saturated heterocycles. The molecule has 5 nitrogen and oxygen atoms in total. The van der Waals surface area contributed by atoms with Crippen LogP contribution in [0.5, 0.6) is 0 Å². The molecule has 1 heterocycles. The Bertz CT molecular complexity index is 376. The summed E-state index contributed by atoms with van der Waals surface area (Å²) in [5.74, 6) is 0.0825. The zero-order chi connectivity index (χ0) is 11.8. The highest BCUT2D eigenvalue weighted by molar-refractivity contribution is 7.90. The van der Waals surface area contributed by atoms with Crippen LogP contribution >= 0.6 is 0 Å². The summed E-state index contributed by atoms with van der Waals surface area (Å²) in [5.41, 5.74) is 0. The molecule has 0 aromatic heterocycles. The minimum absolute atomic E-state index is 0.336. The van der Waals surface area contributed by atoms with E-state index in [4.69, 9.17) is 0 Å². The molecule has 0 aromatic rings. The average molecular weight is 246 g/mol. The number of hydrogen-bond acceptors (Lipinski definition) is 4. The van der Waals surface area contributed by atoms with Crippen molar-refractivity contribution >= 4 is 15.9 Å². The molecule has 1 amide bonds. The van der Waals surface area contributed by atoms with Crippen molar-refractivity contribution in [1.29, 1.82) is 0 Å². The molecular weight excluding hydrogens is 228 g/mol. The highest BCUT2D eigenvalue weighted by Gasteiger charge is 2.38. The molecule has 2 fully saturated rings. The van der Waals surface area contributed by atoms with Gasteiger partial charge in [-0.25, -0.2) is 8.42 Å². The Kier molecular flexibility index (Phi) is 3.21. The number of rotatable bonds is 3. The SMILES string of the molecule is CC1CCNC(C(=O)NS(=O)(=O)C2CC2)C1. The predicted molar refractivity (Wildman–Crippen MR) is 60.3 cm³/mol. The number of amides is 1. The van der Waals surface area contributed by atoms with Crippen molar-refractivity contribution in [1.82, 2.24) is 10.0 Å². The van der Waals surface area contributed by atoms with Crippen LogP contribution in [-0.2, 0) is 14.8 Å². The van der Waals surface area contributed by atoms with Gasteiger partial charge in [0, 0.05) is 0 Å². The van der Waals surface area contributed by atoms with E-state index in [1.807, 2.05) is 0 Å². The lowest BCUT2D eigenvalue weighted by Gasteiger charge is -2.27. The van der Waals surface area contributed by atoms with Crippen LogP contribution < -0.4 is 10.0 Å². The van der Waals surface area contributed by atoms with Crippen molar-refractivity contribution in [2.75, 3.05) is 6.54 Å². The minimum Gasteiger partial charge on any atom is -0.306 e. The summed E-state index contributed by atoms with van der Waals surface area (Å²) in [6.07, 6.45) is 3.11. The van der Waals surface area contributed by atoms with E-state index in [2.05, 4.69) is 17.0 Å². The minimum atomic E-state index is -3.39. The van der Waals surface area contributed by atoms with Crippen LogP contribution in [0.15, 0.2) is 0 Å². The fourth-order valence-corrected chi connectivity index (χ4v) is 3.33. The summed E-state index contributed by atoms with van der Waals surface area (Å²) in [5, 5.41) is 2.72. The third kappa shape index (κ3) is 2.74. The van der Waals surface area contributed by atoms with Crippen LogP contribution in [0.25, 0.3) is 0 Å². The number of carbonyl (C=O) groups is 1. The Hall–Kier alpha value is -0.620. The smallest absolute Gasteiger partial charge is 0.250 e. The second-order valence-corrected chi connectivity index (χ2v) is 6.81. The van der Waals surface area contributed by atoms with Gasteiger partial charge in [0.25, 0.3) is 5.91 Å². The van der Waals surface area contributed by atoms with Crippen molar-refractivity contribution in [2.45, 2.75) is 43.9 Å². The number of carbonyl (C=O) groups excluding carboxylic acids is 1. The molecule has 92 valence electrons. The highest BCUT2D eigenvalue weighted by Crippen LogP contribution is 2.27. The van der Waals surface area contributed by atoms with E-state index >= 15 is 0 Å². The van der Waals surface area contributed by atoms with Crippen molar-refractivity contribution in [3.63, 3.8) is 0 Å². The first-order chi connectivity index (χ1) is 7.49. The first-order valence-electron chi connectivity index (χ1n) is 5.78. The van der Waals surface area contributed by atoms with Gasteiger partial charge in [-0.05, 0) is 38.1 Å². The normalized spacial score (nSPS) is 31.1. The third-order valence-corrected chi connectivity index (χ3v) is 5.02. The second-order valence-electron chi connectivity index (χ2n) is 4.85. The summed E-state index contributed by atoms with van der Waals surface area (Å²) >= 11 is 0. The molecule has 0 aromatic carbocycles. The van der Waals surface area contributed by atoms with Gasteiger partial charge in [0.1, 0.15) is 0 Å². The fraction of sp³-hybridized carbons (Fsp3) is 0.900. The maximum Gasteiger partial charge on any atom is 0.250 e. The molecule has 1 aliphatic heterocycles. The molecule has 0 bridgehead atoms. The topological polar surface area (TPSA) is 75.3 Å². The largest absolute Gasteiger partial charge is 0.306 e. The molecule has 2 unspecified atom stereocenters. The van der Waals surface area contributed by atoms with Crippen molar-refractivity contribution < 1.29 is 13.2 Å². The van der Waals surface area contributed by atoms with Crippen LogP contribution in [0.3, 0.4) is 0 Å². The van der Waals surface area contributed by atoms with E-state index in [0.29, 0.717) is 25.2 Å². The standard InChI is InChI=1S/C10H18N2O3S/c1-7-4-5-11-9(6-7)10(13)12-16(14,15)8-2-3-8/h7-9,11H,2-6H2,1H3,(H,12,13). The van der Waals surface area contributed by atoms with Gasteiger partial charge in [0.05, 0.1) is 11.3 Å². The monoisotopic (exact) mass is 246 g/mol. The molecule has 2 aliphatic rings. The lowest BCUT2D eigenvalue weighted by molar-refractivity contribution is -0.122. The molecule has 1 saturated carbocycles. The summed E-state index contributed by atoms with van der Waals surface area (Å²) in [4.78, 5) is 11.7. The summed E-state index contributed by atoms with van der Waals surface area (Å²) in [6, 6.07) is -0.350. The molecule has 2 atom stereocenters. The van der Waals surface area contributed by atoms with E-state index in [1.165, 1.54) is 0 Å². The first kappa shape index (κ1) is 11.9. The average Bonchev–Trinajstić information content (AvgIpc) is 3.00. The van der Waals surface area contributed by atoms with Gasteiger partial charge in [0.15, 0.2) is 0 Å². The van der Waals surface area contributed by atoms with Crippen LogP contribution in [0.4, 0.5) is 0 Å². The quantitative estimate of drug-likeness (QED) is 0.734. The Morgan fingerprint density at radius 1 is 1.31 bits per heavy atom. The number of sulfonamides is 1. The van der Waals surface area contributed by atoms with Gasteiger partial charge in [-0.3, -0.25) is 9.52 Å². The van der Waals surface area contributed by atoms with E-state index in [1.54, 1.807) is 0 Å². The Balaban J connectivity index is 1.92. The van der Waals surface area contributed by atoms with Crippen LogP contribution in [0.1, 0.15) is 32.6 Å². The van der Waals surface area contributed by atoms with Crippen LogP contribution in [0, 0.1) is 5.92 Å². The van der Waals surface area contributed by atoms with E-state index < -0.39 is 15.9 Å².